The molecule has 0 aliphatic heterocycles. The van der Waals surface area contributed by atoms with Gasteiger partial charge in [0.1, 0.15) is 0 Å². The summed E-state index contributed by atoms with van der Waals surface area (Å²) in [4.78, 5) is 0. The smallest absolute Gasteiger partial charge is 0.109 e. The summed E-state index contributed by atoms with van der Waals surface area (Å²) in [5.74, 6) is 0. The minimum absolute atomic E-state index is 0. The van der Waals surface area contributed by atoms with Gasteiger partial charge < -0.3 is 24.8 Å². The summed E-state index contributed by atoms with van der Waals surface area (Å²) in [5, 5.41) is 0. The maximum Gasteiger partial charge on any atom is -0.109 e. The van der Waals surface area contributed by atoms with Crippen LogP contribution in [0.1, 0.15) is 92.5 Å². The summed E-state index contributed by atoms with van der Waals surface area (Å²) in [7, 11) is 0. The Labute approximate surface area is 459 Å². The van der Waals surface area contributed by atoms with Crippen LogP contribution >= 0.6 is 0 Å². The third-order valence-electron chi connectivity index (χ3n) is 12.8. The molecule has 0 unspecified atom stereocenters. The van der Waals surface area contributed by atoms with E-state index >= 15 is 0 Å². The van der Waals surface area contributed by atoms with Crippen molar-refractivity contribution in [1.29, 1.82) is 0 Å². The molecule has 9 heteroatoms. The van der Waals surface area contributed by atoms with Gasteiger partial charge in [-0.2, -0.15) is 6.08 Å². The minimum Gasteiger partial charge on any atom is -1.00 e. The van der Waals surface area contributed by atoms with Gasteiger partial charge in [-0.3, -0.25) is 6.08 Å². The number of halogens is 8. The second-order valence-corrected chi connectivity index (χ2v) is 21.3. The number of hydrogen-bond acceptors (Lipinski definition) is 0. The fourth-order valence-electron chi connectivity index (χ4n) is 8.97. The van der Waals surface area contributed by atoms with Crippen LogP contribution in [0.15, 0.2) is 194 Å². The second kappa shape index (κ2) is 23.8. The van der Waals surface area contributed by atoms with Crippen molar-refractivity contribution >= 4 is 3.21 Å². The summed E-state index contributed by atoms with van der Waals surface area (Å²) in [5.41, 5.74) is 17.2. The molecule has 2 aliphatic rings. The molecule has 0 fully saturated rings. The summed E-state index contributed by atoms with van der Waals surface area (Å²) < 4.78 is 77.7. The van der Waals surface area contributed by atoms with Gasteiger partial charge in [-0.15, -0.1) is 35.2 Å². The third kappa shape index (κ3) is 13.7. The van der Waals surface area contributed by atoms with E-state index < -0.39 is 23.5 Å². The number of hydrogen-bond donors (Lipinski definition) is 0. The van der Waals surface area contributed by atoms with Crippen molar-refractivity contribution in [1.82, 2.24) is 0 Å². The first kappa shape index (κ1) is 57.4. The van der Waals surface area contributed by atoms with E-state index in [2.05, 4.69) is 139 Å². The molecule has 0 amide bonds. The Balaban J connectivity index is 0.000000214. The zero-order valence-corrected chi connectivity index (χ0v) is 45.9. The van der Waals surface area contributed by atoms with Gasteiger partial charge in [0.05, 0.1) is 0 Å². The van der Waals surface area contributed by atoms with Gasteiger partial charge in [0, 0.05) is 0 Å². The van der Waals surface area contributed by atoms with E-state index in [0.717, 1.165) is 62.6 Å². The van der Waals surface area contributed by atoms with Crippen molar-refractivity contribution in [3.8, 4) is 55.6 Å². The standard InChI is InChI=1S/C33H33.C27H16F6.C5H5.2ClH.Zr/c1-32(2,3)30-20-26-24(18-28(30)22-13-9-7-10-14-22)17-25-19-29(23-15-11-8-12-16-23)31(21-27(25)26)33(4,5)6;28-26(29,30)24-13-9-22(10-14-24)20-5-1-18(2-6-20)17-19-3-7-21(8-4-19)23-11-15-25(16-12-23)27(31,32)33;1-2-4-5-3-1;;;/h7-16,18,20-21H,17H2,1-6H3;1-16H;1-3H,4H2;2*1H;/q-1;;-1;;;+2/p-2. The van der Waals surface area contributed by atoms with Crippen LogP contribution in [0.3, 0.4) is 0 Å². The Kier molecular flexibility index (Phi) is 18.5. The Morgan fingerprint density at radius 2 is 0.878 bits per heavy atom. The molecule has 8 aromatic rings. The van der Waals surface area contributed by atoms with Gasteiger partial charge in [0.15, 0.2) is 0 Å². The average Bonchev–Trinajstić information content (AvgIpc) is 4.08. The number of rotatable bonds is 6. The zero-order valence-electron chi connectivity index (χ0n) is 41.9. The van der Waals surface area contributed by atoms with E-state index in [9.17, 15) is 26.3 Å². The third-order valence-corrected chi connectivity index (χ3v) is 14.3. The second-order valence-electron chi connectivity index (χ2n) is 20.1. The molecule has 74 heavy (non-hydrogen) atoms. The summed E-state index contributed by atoms with van der Waals surface area (Å²) in [6, 6.07) is 58.2. The first-order chi connectivity index (χ1) is 34.1. The van der Waals surface area contributed by atoms with Crippen molar-refractivity contribution in [3.63, 3.8) is 0 Å². The maximum absolute atomic E-state index is 12.8. The van der Waals surface area contributed by atoms with E-state index in [1.165, 1.54) is 104 Å². The van der Waals surface area contributed by atoms with Crippen LogP contribution < -0.4 is 24.8 Å². The van der Waals surface area contributed by atoms with Crippen molar-refractivity contribution < 1.29 is 75.4 Å². The zero-order chi connectivity index (χ0) is 51.4. The molecule has 0 saturated heterocycles. The molecule has 0 N–H and O–H groups in total. The molecule has 0 bridgehead atoms. The summed E-state index contributed by atoms with van der Waals surface area (Å²) in [6.45, 7) is 13.9. The topological polar surface area (TPSA) is 0 Å². The van der Waals surface area contributed by atoms with Gasteiger partial charge in [-0.1, -0.05) is 131 Å². The molecule has 0 aromatic heterocycles. The predicted octanol–water partition coefficient (Wildman–Crippen LogP) is 12.5. The molecule has 10 rings (SSSR count). The fourth-order valence-corrected chi connectivity index (χ4v) is 9.79. The molecule has 376 valence electrons. The molecule has 0 spiro atoms. The Bertz CT molecular complexity index is 3010. The normalized spacial score (nSPS) is 12.5. The molecule has 0 nitrogen and oxygen atoms in total. The monoisotopic (exact) mass is 1110 g/mol. The van der Waals surface area contributed by atoms with Crippen LogP contribution in [0, 0.1) is 12.1 Å². The van der Waals surface area contributed by atoms with Crippen LogP contribution in [0.2, 0.25) is 0 Å². The van der Waals surface area contributed by atoms with Gasteiger partial charge in [0.2, 0.25) is 0 Å². The first-order valence-corrected chi connectivity index (χ1v) is 25.1. The first-order valence-electron chi connectivity index (χ1n) is 23.9. The van der Waals surface area contributed by atoms with Gasteiger partial charge in [-0.25, -0.2) is 12.2 Å². The van der Waals surface area contributed by atoms with Gasteiger partial charge >= 0.3 is 208 Å². The molecule has 8 aromatic carbocycles. The van der Waals surface area contributed by atoms with E-state index in [4.69, 9.17) is 0 Å². The summed E-state index contributed by atoms with van der Waals surface area (Å²) in [6.07, 6.45) is 2.22. The Morgan fingerprint density at radius 3 is 1.26 bits per heavy atom. The van der Waals surface area contributed by atoms with Gasteiger partial charge in [0.25, 0.3) is 0 Å². The quantitative estimate of drug-likeness (QED) is 0.115. The molecular formula is C65H54Cl2F6Zr-2. The van der Waals surface area contributed by atoms with Crippen LogP contribution in [0.4, 0.5) is 26.3 Å². The van der Waals surface area contributed by atoms with E-state index in [0.29, 0.717) is 11.1 Å². The predicted molar refractivity (Wildman–Crippen MR) is 280 cm³/mol. The van der Waals surface area contributed by atoms with Crippen LogP contribution in [0.5, 0.6) is 0 Å². The van der Waals surface area contributed by atoms with E-state index in [-0.39, 0.29) is 35.6 Å². The Hall–Kier alpha value is -5.85. The molecule has 0 radical (unpaired) electrons. The number of benzene rings is 8. The van der Waals surface area contributed by atoms with Crippen molar-refractivity contribution in [2.24, 2.45) is 0 Å². The van der Waals surface area contributed by atoms with Crippen LogP contribution in [-0.2, 0) is 53.8 Å². The number of alkyl halides is 6. The molecule has 0 saturated carbocycles. The van der Waals surface area contributed by atoms with E-state index in [1.807, 2.05) is 60.7 Å². The molecule has 0 atom stereocenters. The number of allylic oxidation sites excluding steroid dienone is 4. The van der Waals surface area contributed by atoms with Crippen molar-refractivity contribution in [2.75, 3.05) is 0 Å². The van der Waals surface area contributed by atoms with E-state index in [1.54, 1.807) is 0 Å². The fraction of sp³-hybridized carbons (Fsp3) is 0.185. The molecule has 0 heterocycles. The van der Waals surface area contributed by atoms with Crippen LogP contribution in [-0.4, -0.2) is 3.21 Å². The van der Waals surface area contributed by atoms with Gasteiger partial charge in [-0.05, 0) is 39.5 Å². The van der Waals surface area contributed by atoms with Crippen LogP contribution in [0.25, 0.3) is 55.6 Å². The SMILES string of the molecule is CC(C)(C)c1cc2c([c-]c1-c1ccccc1)Cc1cc(-c3ccccc3)c(C(C)(C)C)cc1-2.FC(F)(F)c1ccc(-c2ccc([C](=[Zr+2])c3ccc(-c4ccc(C(F)(F)F)cc4)cc3)cc2)cc1.[C-]1=CC=CC1.[Cl-].[Cl-]. The van der Waals surface area contributed by atoms with Crippen molar-refractivity contribution in [3.05, 3.63) is 251 Å². The largest absolute Gasteiger partial charge is 1.00 e. The Morgan fingerprint density at radius 1 is 0.459 bits per heavy atom. The van der Waals surface area contributed by atoms with Crippen molar-refractivity contribution in [2.45, 2.75) is 77.6 Å². The minimum atomic E-state index is -4.36. The molecule has 2 aliphatic carbocycles. The average molecular weight is 1110 g/mol. The number of fused-ring (bicyclic) bond motifs is 3. The summed E-state index contributed by atoms with van der Waals surface area (Å²) >= 11 is 1.18. The maximum atomic E-state index is 12.8. The molecular weight excluding hydrogens is 1060 g/mol.